The fraction of sp³-hybridized carbons (Fsp3) is 0.0435. The first-order valence-electron chi connectivity index (χ1n) is 8.77. The standard InChI is InChI=1S/C23H18N2O3S/c1-17-8-14-21(15-9-17)29(27,28)25-23(26)16-22(18-6-4-3-5-7-18)19-10-12-20(24-2)13-11-19/h3-16H,1H3,(H,25,26)/b22-16-. The fourth-order valence-electron chi connectivity index (χ4n) is 2.74. The fourth-order valence-corrected chi connectivity index (χ4v) is 3.67. The third-order valence-corrected chi connectivity index (χ3v) is 5.60. The van der Waals surface area contributed by atoms with Crippen LogP contribution in [-0.2, 0) is 14.8 Å². The number of rotatable bonds is 5. The highest BCUT2D eigenvalue weighted by Gasteiger charge is 2.17. The summed E-state index contributed by atoms with van der Waals surface area (Å²) >= 11 is 0. The van der Waals surface area contributed by atoms with Crippen LogP contribution in [0.2, 0.25) is 0 Å². The number of amides is 1. The van der Waals surface area contributed by atoms with Gasteiger partial charge >= 0.3 is 0 Å². The smallest absolute Gasteiger partial charge is 0.264 e. The summed E-state index contributed by atoms with van der Waals surface area (Å²) < 4.78 is 27.1. The SMILES string of the molecule is [C-]#[N+]c1ccc(/C(=C\C(=O)NS(=O)(=O)c2ccc(C)cc2)c2ccccc2)cc1. The summed E-state index contributed by atoms with van der Waals surface area (Å²) in [5.74, 6) is -0.751. The summed E-state index contributed by atoms with van der Waals surface area (Å²) in [5.41, 5.74) is 3.41. The highest BCUT2D eigenvalue weighted by molar-refractivity contribution is 7.90. The maximum absolute atomic E-state index is 12.6. The number of sulfonamides is 1. The topological polar surface area (TPSA) is 67.6 Å². The van der Waals surface area contributed by atoms with Crippen molar-refractivity contribution in [2.24, 2.45) is 0 Å². The maximum atomic E-state index is 12.6. The second-order valence-corrected chi connectivity index (χ2v) is 8.05. The van der Waals surface area contributed by atoms with E-state index in [1.807, 2.05) is 37.3 Å². The Morgan fingerprint density at radius 3 is 2.07 bits per heavy atom. The molecule has 0 aliphatic rings. The van der Waals surface area contributed by atoms with E-state index in [0.29, 0.717) is 16.8 Å². The molecular formula is C23H18N2O3S. The molecule has 0 aliphatic carbocycles. The minimum Gasteiger partial charge on any atom is -0.269 e. The molecule has 29 heavy (non-hydrogen) atoms. The van der Waals surface area contributed by atoms with Gasteiger partial charge in [-0.1, -0.05) is 72.3 Å². The normalized spacial score (nSPS) is 11.5. The highest BCUT2D eigenvalue weighted by atomic mass is 32.2. The number of carbonyl (C=O) groups excluding carboxylic acids is 1. The lowest BCUT2D eigenvalue weighted by molar-refractivity contribution is -0.114. The lowest BCUT2D eigenvalue weighted by Gasteiger charge is -2.10. The summed E-state index contributed by atoms with van der Waals surface area (Å²) in [7, 11) is -3.98. The minimum atomic E-state index is -3.98. The second-order valence-electron chi connectivity index (χ2n) is 6.37. The van der Waals surface area contributed by atoms with E-state index in [4.69, 9.17) is 6.57 Å². The largest absolute Gasteiger partial charge is 0.269 e. The Morgan fingerprint density at radius 2 is 1.48 bits per heavy atom. The quantitative estimate of drug-likeness (QED) is 0.505. The third-order valence-electron chi connectivity index (χ3n) is 4.23. The van der Waals surface area contributed by atoms with E-state index >= 15 is 0 Å². The first-order chi connectivity index (χ1) is 13.9. The Kier molecular flexibility index (Phi) is 5.91. The average Bonchev–Trinajstić information content (AvgIpc) is 2.73. The Bertz CT molecular complexity index is 1190. The Balaban J connectivity index is 1.95. The lowest BCUT2D eigenvalue weighted by atomic mass is 9.97. The van der Waals surface area contributed by atoms with E-state index in [0.717, 1.165) is 11.1 Å². The maximum Gasteiger partial charge on any atom is 0.264 e. The lowest BCUT2D eigenvalue weighted by Crippen LogP contribution is -2.29. The van der Waals surface area contributed by atoms with Crippen LogP contribution in [0.25, 0.3) is 10.4 Å². The van der Waals surface area contributed by atoms with Crippen molar-refractivity contribution >= 4 is 27.2 Å². The summed E-state index contributed by atoms with van der Waals surface area (Å²) in [4.78, 5) is 15.9. The molecule has 3 aromatic rings. The van der Waals surface area contributed by atoms with Crippen molar-refractivity contribution in [3.63, 3.8) is 0 Å². The van der Waals surface area contributed by atoms with Gasteiger partial charge in [0.2, 0.25) is 0 Å². The molecule has 0 unspecified atom stereocenters. The third kappa shape index (κ3) is 4.98. The number of nitrogens with one attached hydrogen (secondary N) is 1. The number of hydrogen-bond acceptors (Lipinski definition) is 3. The number of benzene rings is 3. The summed E-state index contributed by atoms with van der Waals surface area (Å²) in [5, 5.41) is 0. The van der Waals surface area contributed by atoms with Crippen molar-refractivity contribution in [2.75, 3.05) is 0 Å². The van der Waals surface area contributed by atoms with Crippen LogP contribution < -0.4 is 4.72 Å². The van der Waals surface area contributed by atoms with Gasteiger partial charge in [0.05, 0.1) is 11.5 Å². The summed E-state index contributed by atoms with van der Waals surface area (Å²) in [6.45, 7) is 8.92. The molecule has 5 nitrogen and oxygen atoms in total. The molecule has 0 saturated heterocycles. The van der Waals surface area contributed by atoms with Crippen LogP contribution in [0.15, 0.2) is 89.8 Å². The molecule has 144 valence electrons. The molecule has 1 N–H and O–H groups in total. The minimum absolute atomic E-state index is 0.0209. The molecule has 0 atom stereocenters. The molecule has 1 amide bonds. The van der Waals surface area contributed by atoms with Crippen molar-refractivity contribution in [2.45, 2.75) is 11.8 Å². The Morgan fingerprint density at radius 1 is 0.897 bits per heavy atom. The summed E-state index contributed by atoms with van der Waals surface area (Å²) in [6, 6.07) is 22.2. The number of nitrogens with zero attached hydrogens (tertiary/aromatic N) is 1. The summed E-state index contributed by atoms with van der Waals surface area (Å²) in [6.07, 6.45) is 1.26. The molecule has 6 heteroatoms. The molecule has 0 spiro atoms. The number of carbonyl (C=O) groups is 1. The highest BCUT2D eigenvalue weighted by Crippen LogP contribution is 2.25. The van der Waals surface area contributed by atoms with Crippen LogP contribution in [0, 0.1) is 13.5 Å². The molecule has 0 saturated carbocycles. The van der Waals surface area contributed by atoms with Gasteiger partial charge < -0.3 is 0 Å². The molecule has 0 aliphatic heterocycles. The monoisotopic (exact) mass is 402 g/mol. The molecule has 3 rings (SSSR count). The predicted octanol–water partition coefficient (Wildman–Crippen LogP) is 4.48. The molecule has 0 aromatic heterocycles. The first-order valence-corrected chi connectivity index (χ1v) is 10.3. The van der Waals surface area contributed by atoms with Gasteiger partial charge in [0.1, 0.15) is 0 Å². The van der Waals surface area contributed by atoms with Crippen molar-refractivity contribution in [3.05, 3.63) is 113 Å². The van der Waals surface area contributed by atoms with E-state index in [1.165, 1.54) is 18.2 Å². The molecular weight excluding hydrogens is 384 g/mol. The first kappa shape index (κ1) is 20.1. The Hall–Kier alpha value is -3.69. The van der Waals surface area contributed by atoms with Crippen LogP contribution in [0.5, 0.6) is 0 Å². The zero-order valence-electron chi connectivity index (χ0n) is 15.7. The van der Waals surface area contributed by atoms with Crippen molar-refractivity contribution in [1.29, 1.82) is 0 Å². The predicted molar refractivity (Wildman–Crippen MR) is 113 cm³/mol. The molecule has 0 heterocycles. The number of aryl methyl sites for hydroxylation is 1. The van der Waals surface area contributed by atoms with Gasteiger partial charge in [-0.2, -0.15) is 0 Å². The van der Waals surface area contributed by atoms with E-state index in [-0.39, 0.29) is 4.90 Å². The van der Waals surface area contributed by atoms with Gasteiger partial charge in [0.15, 0.2) is 5.69 Å². The van der Waals surface area contributed by atoms with Crippen LogP contribution in [0.3, 0.4) is 0 Å². The molecule has 0 bridgehead atoms. The zero-order valence-corrected chi connectivity index (χ0v) is 16.5. The second kappa shape index (κ2) is 8.55. The molecule has 0 fully saturated rings. The van der Waals surface area contributed by atoms with Gasteiger partial charge in [-0.05, 0) is 35.8 Å². The van der Waals surface area contributed by atoms with Crippen molar-refractivity contribution in [3.8, 4) is 0 Å². The van der Waals surface area contributed by atoms with E-state index < -0.39 is 15.9 Å². The van der Waals surface area contributed by atoms with Gasteiger partial charge in [-0.3, -0.25) is 4.79 Å². The average molecular weight is 402 g/mol. The van der Waals surface area contributed by atoms with Gasteiger partial charge in [0, 0.05) is 6.08 Å². The number of hydrogen-bond donors (Lipinski definition) is 1. The van der Waals surface area contributed by atoms with Crippen molar-refractivity contribution < 1.29 is 13.2 Å². The van der Waals surface area contributed by atoms with Crippen LogP contribution in [-0.4, -0.2) is 14.3 Å². The zero-order chi connectivity index (χ0) is 20.9. The van der Waals surface area contributed by atoms with E-state index in [1.54, 1.807) is 36.4 Å². The van der Waals surface area contributed by atoms with Gasteiger partial charge in [-0.15, -0.1) is 0 Å². The van der Waals surface area contributed by atoms with Crippen LogP contribution in [0.1, 0.15) is 16.7 Å². The molecule has 0 radical (unpaired) electrons. The van der Waals surface area contributed by atoms with Gasteiger partial charge in [-0.25, -0.2) is 18.0 Å². The van der Waals surface area contributed by atoms with E-state index in [9.17, 15) is 13.2 Å². The van der Waals surface area contributed by atoms with E-state index in [2.05, 4.69) is 9.57 Å². The van der Waals surface area contributed by atoms with Crippen LogP contribution in [0.4, 0.5) is 5.69 Å². The van der Waals surface area contributed by atoms with Crippen molar-refractivity contribution in [1.82, 2.24) is 4.72 Å². The van der Waals surface area contributed by atoms with Gasteiger partial charge in [0.25, 0.3) is 15.9 Å². The Labute approximate surface area is 170 Å². The van der Waals surface area contributed by atoms with Crippen LogP contribution >= 0.6 is 0 Å². The molecule has 3 aromatic carbocycles.